The molecule has 1 aromatic heterocycles. The Morgan fingerprint density at radius 2 is 2.28 bits per heavy atom. The van der Waals surface area contributed by atoms with Crippen LogP contribution in [0.2, 0.25) is 0 Å². The number of hydrogen-bond acceptors (Lipinski definition) is 4. The van der Waals surface area contributed by atoms with E-state index in [2.05, 4.69) is 22.2 Å². The molecule has 1 aliphatic carbocycles. The van der Waals surface area contributed by atoms with Gasteiger partial charge in [0.1, 0.15) is 0 Å². The zero-order valence-electron chi connectivity index (χ0n) is 11.6. The van der Waals surface area contributed by atoms with Gasteiger partial charge in [-0.3, -0.25) is 0 Å². The van der Waals surface area contributed by atoms with Gasteiger partial charge in [0.15, 0.2) is 0 Å². The highest BCUT2D eigenvalue weighted by Crippen LogP contribution is 2.29. The number of ether oxygens (including phenoxy) is 1. The summed E-state index contributed by atoms with van der Waals surface area (Å²) in [5.41, 5.74) is 0.998. The summed E-state index contributed by atoms with van der Waals surface area (Å²) in [6, 6.07) is 0. The van der Waals surface area contributed by atoms with Crippen molar-refractivity contribution in [2.75, 3.05) is 19.0 Å². The lowest BCUT2D eigenvalue weighted by Gasteiger charge is -2.26. The first-order valence-electron chi connectivity index (χ1n) is 6.83. The molecule has 1 heterocycles. The Kier molecular flexibility index (Phi) is 4.39. The van der Waals surface area contributed by atoms with Crippen LogP contribution in [0.15, 0.2) is 6.20 Å². The van der Waals surface area contributed by atoms with Crippen molar-refractivity contribution in [1.29, 1.82) is 0 Å². The zero-order valence-corrected chi connectivity index (χ0v) is 11.6. The molecule has 0 saturated heterocycles. The molecule has 1 N–H and O–H groups in total. The van der Waals surface area contributed by atoms with E-state index in [0.29, 0.717) is 17.7 Å². The van der Waals surface area contributed by atoms with Gasteiger partial charge in [-0.25, -0.2) is 4.98 Å². The van der Waals surface area contributed by atoms with Gasteiger partial charge in [-0.1, -0.05) is 19.8 Å². The lowest BCUT2D eigenvalue weighted by Crippen LogP contribution is -2.20. The minimum Gasteiger partial charge on any atom is -0.477 e. The number of rotatable bonds is 4. The number of anilines is 1. The van der Waals surface area contributed by atoms with E-state index < -0.39 is 0 Å². The van der Waals surface area contributed by atoms with Gasteiger partial charge in [-0.15, -0.1) is 0 Å². The van der Waals surface area contributed by atoms with Crippen LogP contribution < -0.4 is 10.1 Å². The van der Waals surface area contributed by atoms with E-state index in [1.54, 1.807) is 6.20 Å². The van der Waals surface area contributed by atoms with E-state index in [1.807, 2.05) is 14.0 Å². The Hall–Kier alpha value is -1.32. The molecule has 0 spiro atoms. The van der Waals surface area contributed by atoms with Crippen molar-refractivity contribution in [2.45, 2.75) is 39.5 Å². The van der Waals surface area contributed by atoms with Gasteiger partial charge in [0.2, 0.25) is 11.8 Å². The highest BCUT2D eigenvalue weighted by molar-refractivity contribution is 5.31. The standard InChI is InChI=1S/C14H23N3O/c1-10-5-4-6-12(7-10)9-18-13-11(2)8-16-14(15-3)17-13/h8,10,12H,4-7,9H2,1-3H3,(H,15,16,17). The second kappa shape index (κ2) is 6.03. The molecule has 4 nitrogen and oxygen atoms in total. The van der Waals surface area contributed by atoms with Crippen LogP contribution >= 0.6 is 0 Å². The van der Waals surface area contributed by atoms with Crippen LogP contribution in [0.1, 0.15) is 38.2 Å². The van der Waals surface area contributed by atoms with Crippen LogP contribution in [0.3, 0.4) is 0 Å². The van der Waals surface area contributed by atoms with E-state index in [0.717, 1.165) is 18.1 Å². The van der Waals surface area contributed by atoms with Crippen LogP contribution in [0.4, 0.5) is 5.95 Å². The second-order valence-corrected chi connectivity index (χ2v) is 5.38. The predicted octanol–water partition coefficient (Wildman–Crippen LogP) is 3.03. The molecular formula is C14H23N3O. The summed E-state index contributed by atoms with van der Waals surface area (Å²) in [6.45, 7) is 5.10. The first kappa shape index (κ1) is 13.1. The average molecular weight is 249 g/mol. The monoisotopic (exact) mass is 249 g/mol. The van der Waals surface area contributed by atoms with Crippen LogP contribution in [-0.2, 0) is 0 Å². The minimum absolute atomic E-state index is 0.618. The lowest BCUT2D eigenvalue weighted by atomic mass is 9.83. The minimum atomic E-state index is 0.618. The van der Waals surface area contributed by atoms with Crippen molar-refractivity contribution in [1.82, 2.24) is 9.97 Å². The summed E-state index contributed by atoms with van der Waals surface area (Å²) < 4.78 is 5.88. The highest BCUT2D eigenvalue weighted by atomic mass is 16.5. The molecule has 4 heteroatoms. The molecule has 0 aliphatic heterocycles. The number of nitrogens with zero attached hydrogens (tertiary/aromatic N) is 2. The fourth-order valence-corrected chi connectivity index (χ4v) is 2.60. The van der Waals surface area contributed by atoms with Gasteiger partial charge in [0, 0.05) is 18.8 Å². The Bertz CT molecular complexity index is 395. The lowest BCUT2D eigenvalue weighted by molar-refractivity contribution is 0.177. The maximum Gasteiger partial charge on any atom is 0.225 e. The van der Waals surface area contributed by atoms with Gasteiger partial charge in [-0.2, -0.15) is 4.98 Å². The molecule has 0 amide bonds. The summed E-state index contributed by atoms with van der Waals surface area (Å²) in [6.07, 6.45) is 7.07. The van der Waals surface area contributed by atoms with E-state index in [9.17, 15) is 0 Å². The maximum absolute atomic E-state index is 5.88. The summed E-state index contributed by atoms with van der Waals surface area (Å²) in [4.78, 5) is 8.51. The molecule has 0 radical (unpaired) electrons. The molecule has 1 aliphatic rings. The van der Waals surface area contributed by atoms with Crippen molar-refractivity contribution >= 4 is 5.95 Å². The number of nitrogens with one attached hydrogen (secondary N) is 1. The molecule has 1 aromatic rings. The van der Waals surface area contributed by atoms with Gasteiger partial charge in [0.05, 0.1) is 6.61 Å². The van der Waals surface area contributed by atoms with Crippen molar-refractivity contribution < 1.29 is 4.74 Å². The molecule has 18 heavy (non-hydrogen) atoms. The first-order valence-corrected chi connectivity index (χ1v) is 6.83. The highest BCUT2D eigenvalue weighted by Gasteiger charge is 2.19. The van der Waals surface area contributed by atoms with Crippen molar-refractivity contribution in [3.8, 4) is 5.88 Å². The fourth-order valence-electron chi connectivity index (χ4n) is 2.60. The van der Waals surface area contributed by atoms with Crippen LogP contribution in [0, 0.1) is 18.8 Å². The van der Waals surface area contributed by atoms with E-state index in [1.165, 1.54) is 25.7 Å². The third-order valence-electron chi connectivity index (χ3n) is 3.65. The van der Waals surface area contributed by atoms with Gasteiger partial charge in [-0.05, 0) is 31.6 Å². The van der Waals surface area contributed by atoms with Crippen LogP contribution in [0.5, 0.6) is 5.88 Å². The summed E-state index contributed by atoms with van der Waals surface area (Å²) >= 11 is 0. The maximum atomic E-state index is 5.88. The second-order valence-electron chi connectivity index (χ2n) is 5.38. The topological polar surface area (TPSA) is 47.0 Å². The van der Waals surface area contributed by atoms with E-state index in [-0.39, 0.29) is 0 Å². The number of hydrogen-bond donors (Lipinski definition) is 1. The van der Waals surface area contributed by atoms with Crippen LogP contribution in [0.25, 0.3) is 0 Å². The molecule has 2 atom stereocenters. The summed E-state index contributed by atoms with van der Waals surface area (Å²) in [5.74, 6) is 2.85. The predicted molar refractivity (Wildman–Crippen MR) is 72.9 cm³/mol. The zero-order chi connectivity index (χ0) is 13.0. The van der Waals surface area contributed by atoms with E-state index in [4.69, 9.17) is 4.74 Å². The molecule has 2 unspecified atom stereocenters. The third kappa shape index (κ3) is 3.34. The van der Waals surface area contributed by atoms with Gasteiger partial charge < -0.3 is 10.1 Å². The molecular weight excluding hydrogens is 226 g/mol. The van der Waals surface area contributed by atoms with Crippen molar-refractivity contribution in [2.24, 2.45) is 11.8 Å². The van der Waals surface area contributed by atoms with Crippen LogP contribution in [-0.4, -0.2) is 23.6 Å². The molecule has 1 saturated carbocycles. The Balaban J connectivity index is 1.92. The number of aryl methyl sites for hydroxylation is 1. The molecule has 1 fully saturated rings. The largest absolute Gasteiger partial charge is 0.477 e. The third-order valence-corrected chi connectivity index (χ3v) is 3.65. The molecule has 0 bridgehead atoms. The van der Waals surface area contributed by atoms with Crippen molar-refractivity contribution in [3.63, 3.8) is 0 Å². The average Bonchev–Trinajstić information content (AvgIpc) is 2.38. The fraction of sp³-hybridized carbons (Fsp3) is 0.714. The van der Waals surface area contributed by atoms with Crippen molar-refractivity contribution in [3.05, 3.63) is 11.8 Å². The molecule has 2 rings (SSSR count). The first-order chi connectivity index (χ1) is 8.69. The van der Waals surface area contributed by atoms with E-state index >= 15 is 0 Å². The van der Waals surface area contributed by atoms with Gasteiger partial charge >= 0.3 is 0 Å². The Morgan fingerprint density at radius 3 is 3.00 bits per heavy atom. The smallest absolute Gasteiger partial charge is 0.225 e. The number of aromatic nitrogens is 2. The quantitative estimate of drug-likeness (QED) is 0.891. The Labute approximate surface area is 109 Å². The normalized spacial score (nSPS) is 23.7. The van der Waals surface area contributed by atoms with Gasteiger partial charge in [0.25, 0.3) is 0 Å². The summed E-state index contributed by atoms with van der Waals surface area (Å²) in [7, 11) is 1.82. The summed E-state index contributed by atoms with van der Waals surface area (Å²) in [5, 5.41) is 2.94. The SMILES string of the molecule is CNc1ncc(C)c(OCC2CCCC(C)C2)n1. The molecule has 100 valence electrons. The molecule has 0 aromatic carbocycles. The Morgan fingerprint density at radius 1 is 1.44 bits per heavy atom.